The third-order valence-electron chi connectivity index (χ3n) is 1.83. The molecule has 66 valence electrons. The maximum absolute atomic E-state index is 11.0. The Labute approximate surface area is 74.6 Å². The largest absolute Gasteiger partial charge is 0.344 e. The zero-order valence-electron chi connectivity index (χ0n) is 6.90. The van der Waals surface area contributed by atoms with Crippen LogP contribution in [0.5, 0.6) is 0 Å². The Kier molecular flexibility index (Phi) is 1.66. The fourth-order valence-electron chi connectivity index (χ4n) is 1.17. The number of hydrogen-bond acceptors (Lipinski definition) is 2. The van der Waals surface area contributed by atoms with E-state index in [1.807, 2.05) is 30.3 Å². The van der Waals surface area contributed by atoms with E-state index in [1.165, 1.54) is 0 Å². The van der Waals surface area contributed by atoms with Gasteiger partial charge < -0.3 is 10.8 Å². The van der Waals surface area contributed by atoms with Crippen LogP contribution in [0.1, 0.15) is 0 Å². The molecule has 1 aromatic carbocycles. The van der Waals surface area contributed by atoms with E-state index in [4.69, 9.17) is 5.84 Å². The number of aromatic amines is 1. The molecule has 0 aliphatic rings. The molecular weight excluding hydrogens is 166 g/mol. The van der Waals surface area contributed by atoms with Crippen LogP contribution in [0, 0.1) is 0 Å². The van der Waals surface area contributed by atoms with Crippen molar-refractivity contribution in [2.75, 3.05) is 5.84 Å². The third-order valence-corrected chi connectivity index (χ3v) is 1.83. The Morgan fingerprint density at radius 2 is 1.92 bits per heavy atom. The lowest BCUT2D eigenvalue weighted by molar-refractivity contribution is 0.937. The molecule has 0 saturated heterocycles. The Bertz CT molecular complexity index is 455. The zero-order valence-corrected chi connectivity index (χ0v) is 6.90. The molecule has 0 unspecified atom stereocenters. The monoisotopic (exact) mass is 175 g/mol. The molecular formula is C9H9N3O. The summed E-state index contributed by atoms with van der Waals surface area (Å²) in [5, 5.41) is 0. The number of nitrogens with one attached hydrogen (secondary N) is 1. The van der Waals surface area contributed by atoms with Crippen molar-refractivity contribution in [1.82, 2.24) is 9.66 Å². The van der Waals surface area contributed by atoms with E-state index >= 15 is 0 Å². The van der Waals surface area contributed by atoms with Crippen LogP contribution in [0.3, 0.4) is 0 Å². The summed E-state index contributed by atoms with van der Waals surface area (Å²) in [6, 6.07) is 9.54. The fourth-order valence-corrected chi connectivity index (χ4v) is 1.17. The lowest BCUT2D eigenvalue weighted by Crippen LogP contribution is -2.22. The quantitative estimate of drug-likeness (QED) is 0.622. The van der Waals surface area contributed by atoms with Crippen LogP contribution >= 0.6 is 0 Å². The van der Waals surface area contributed by atoms with Gasteiger partial charge >= 0.3 is 5.69 Å². The molecule has 2 aromatic rings. The van der Waals surface area contributed by atoms with Crippen molar-refractivity contribution in [1.29, 1.82) is 0 Å². The molecule has 1 heterocycles. The third kappa shape index (κ3) is 1.33. The van der Waals surface area contributed by atoms with Crippen LogP contribution in [-0.2, 0) is 0 Å². The van der Waals surface area contributed by atoms with Gasteiger partial charge in [0, 0.05) is 0 Å². The number of hydrogen-bond donors (Lipinski definition) is 2. The summed E-state index contributed by atoms with van der Waals surface area (Å²) in [5.41, 5.74) is 1.37. The van der Waals surface area contributed by atoms with Crippen molar-refractivity contribution in [2.24, 2.45) is 0 Å². The van der Waals surface area contributed by atoms with Gasteiger partial charge in [-0.1, -0.05) is 30.3 Å². The molecule has 0 spiro atoms. The maximum Gasteiger partial charge on any atom is 0.344 e. The Morgan fingerprint density at radius 1 is 1.23 bits per heavy atom. The van der Waals surface area contributed by atoms with Gasteiger partial charge in [0.15, 0.2) is 0 Å². The maximum atomic E-state index is 11.0. The van der Waals surface area contributed by atoms with Crippen molar-refractivity contribution in [3.05, 3.63) is 47.0 Å². The van der Waals surface area contributed by atoms with Gasteiger partial charge in [-0.15, -0.1) is 0 Å². The Balaban J connectivity index is 2.54. The smallest absolute Gasteiger partial charge is 0.335 e. The summed E-state index contributed by atoms with van der Waals surface area (Å²) in [6.07, 6.45) is 1.57. The number of nitrogens with two attached hydrogens (primary N) is 1. The lowest BCUT2D eigenvalue weighted by Gasteiger charge is -1.93. The number of benzene rings is 1. The van der Waals surface area contributed by atoms with E-state index in [0.29, 0.717) is 0 Å². The number of aromatic nitrogens is 2. The molecule has 0 fully saturated rings. The number of imidazole rings is 1. The molecule has 0 atom stereocenters. The summed E-state index contributed by atoms with van der Waals surface area (Å²) in [7, 11) is 0. The van der Waals surface area contributed by atoms with E-state index in [1.54, 1.807) is 6.20 Å². The summed E-state index contributed by atoms with van der Waals surface area (Å²) in [6.45, 7) is 0. The number of nitrogens with zero attached hydrogens (tertiary/aromatic N) is 1. The predicted octanol–water partition coefficient (Wildman–Crippen LogP) is 0.557. The van der Waals surface area contributed by atoms with Crippen molar-refractivity contribution < 1.29 is 0 Å². The molecule has 4 heteroatoms. The number of nitrogen functional groups attached to an aromatic ring is 1. The summed E-state index contributed by atoms with van der Waals surface area (Å²) < 4.78 is 1.03. The second-order valence-electron chi connectivity index (χ2n) is 2.75. The van der Waals surface area contributed by atoms with E-state index in [9.17, 15) is 4.79 Å². The molecule has 1 aromatic heterocycles. The molecule has 0 saturated carbocycles. The first-order valence-electron chi connectivity index (χ1n) is 3.89. The molecule has 2 rings (SSSR count). The molecule has 0 aliphatic heterocycles. The average molecular weight is 175 g/mol. The Hall–Kier alpha value is -1.97. The molecule has 0 amide bonds. The summed E-state index contributed by atoms with van der Waals surface area (Å²) in [5.74, 6) is 5.35. The van der Waals surface area contributed by atoms with E-state index in [0.717, 1.165) is 15.9 Å². The van der Waals surface area contributed by atoms with Crippen LogP contribution in [0.2, 0.25) is 0 Å². The minimum atomic E-state index is -0.307. The van der Waals surface area contributed by atoms with Crippen molar-refractivity contribution in [2.45, 2.75) is 0 Å². The van der Waals surface area contributed by atoms with Gasteiger partial charge in [-0.05, 0) is 5.56 Å². The van der Waals surface area contributed by atoms with Gasteiger partial charge in [-0.25, -0.2) is 9.47 Å². The minimum Gasteiger partial charge on any atom is -0.335 e. The number of H-pyrrole nitrogens is 1. The van der Waals surface area contributed by atoms with Gasteiger partial charge in [0.05, 0.1) is 11.9 Å². The molecule has 13 heavy (non-hydrogen) atoms. The second kappa shape index (κ2) is 2.82. The van der Waals surface area contributed by atoms with E-state index < -0.39 is 0 Å². The first-order chi connectivity index (χ1) is 6.27. The van der Waals surface area contributed by atoms with Crippen LogP contribution in [0.15, 0.2) is 41.3 Å². The minimum absolute atomic E-state index is 0.307. The van der Waals surface area contributed by atoms with Crippen molar-refractivity contribution in [3.63, 3.8) is 0 Å². The van der Waals surface area contributed by atoms with E-state index in [2.05, 4.69) is 4.98 Å². The lowest BCUT2D eigenvalue weighted by atomic mass is 10.2. The molecule has 0 aliphatic carbocycles. The highest BCUT2D eigenvalue weighted by Gasteiger charge is 2.00. The molecule has 0 radical (unpaired) electrons. The topological polar surface area (TPSA) is 63.8 Å². The highest BCUT2D eigenvalue weighted by Crippen LogP contribution is 2.13. The van der Waals surface area contributed by atoms with Gasteiger partial charge in [-0.2, -0.15) is 0 Å². The molecule has 4 nitrogen and oxygen atoms in total. The zero-order chi connectivity index (χ0) is 9.26. The number of rotatable bonds is 1. The van der Waals surface area contributed by atoms with Gasteiger partial charge in [-0.3, -0.25) is 0 Å². The second-order valence-corrected chi connectivity index (χ2v) is 2.75. The Morgan fingerprint density at radius 3 is 2.46 bits per heavy atom. The molecule has 0 bridgehead atoms. The summed E-state index contributed by atoms with van der Waals surface area (Å²) in [4.78, 5) is 13.6. The highest BCUT2D eigenvalue weighted by molar-refractivity contribution is 5.57. The normalized spacial score (nSPS) is 10.2. The van der Waals surface area contributed by atoms with Crippen LogP contribution in [0.4, 0.5) is 0 Å². The SMILES string of the molecule is Nn1cc(-c2ccccc2)[nH]c1=O. The predicted molar refractivity (Wildman–Crippen MR) is 50.6 cm³/mol. The van der Waals surface area contributed by atoms with Crippen molar-refractivity contribution >= 4 is 0 Å². The fraction of sp³-hybridized carbons (Fsp3) is 0. The van der Waals surface area contributed by atoms with E-state index in [-0.39, 0.29) is 5.69 Å². The standard InChI is InChI=1S/C9H9N3O/c10-12-6-8(11-9(12)13)7-4-2-1-3-5-7/h1-6H,10H2,(H,11,13). The first kappa shape index (κ1) is 7.67. The highest BCUT2D eigenvalue weighted by atomic mass is 16.1. The summed E-state index contributed by atoms with van der Waals surface area (Å²) >= 11 is 0. The van der Waals surface area contributed by atoms with Gasteiger partial charge in [0.1, 0.15) is 0 Å². The van der Waals surface area contributed by atoms with Crippen LogP contribution in [0.25, 0.3) is 11.3 Å². The average Bonchev–Trinajstić information content (AvgIpc) is 2.49. The van der Waals surface area contributed by atoms with Crippen LogP contribution < -0.4 is 11.5 Å². The van der Waals surface area contributed by atoms with Gasteiger partial charge in [0.25, 0.3) is 0 Å². The van der Waals surface area contributed by atoms with Crippen LogP contribution in [-0.4, -0.2) is 9.66 Å². The van der Waals surface area contributed by atoms with Crippen molar-refractivity contribution in [3.8, 4) is 11.3 Å². The first-order valence-corrected chi connectivity index (χ1v) is 3.89. The molecule has 3 N–H and O–H groups in total. The van der Waals surface area contributed by atoms with Gasteiger partial charge in [0.2, 0.25) is 0 Å².